The average Bonchev–Trinajstić information content (AvgIpc) is 3.30. The van der Waals surface area contributed by atoms with Crippen molar-refractivity contribution in [3.05, 3.63) is 99.0 Å². The SMILES string of the molecule is COc1ccc(CC(C)(C)C[C@@H]2N[C@H](OC(=O)NCC[C@H](O)CO)[C@H](c3cccc(Cl)c3F)[C@@]2(C#N)c2ccc(Cl)cc2F)cc1. The van der Waals surface area contributed by atoms with Crippen molar-refractivity contribution < 1.29 is 33.3 Å². The molecular weight excluding hydrogens is 639 g/mol. The molecule has 3 aromatic carbocycles. The van der Waals surface area contributed by atoms with Gasteiger partial charge in [0, 0.05) is 23.2 Å². The standard InChI is InChI=1S/C34H37Cl2F2N3O5/c1-33(2,16-20-7-10-23(45-3)11-8-20)17-28-34(19-39,25-12-9-21(35)15-27(25)37)29(24-5-4-6-26(36)30(24)38)31(41-28)46-32(44)40-14-13-22(43)18-42/h4-12,15,22,28-29,31,41-43H,13-14,16-18H2,1-3H3,(H,40,44)/t22-,28-,29-,31+,34-/m0/s1. The zero-order chi connectivity index (χ0) is 33.6. The van der Waals surface area contributed by atoms with E-state index in [0.29, 0.717) is 12.2 Å². The van der Waals surface area contributed by atoms with Gasteiger partial charge in [-0.15, -0.1) is 0 Å². The number of nitrogens with one attached hydrogen (secondary N) is 2. The van der Waals surface area contributed by atoms with Gasteiger partial charge in [0.2, 0.25) is 0 Å². The molecule has 46 heavy (non-hydrogen) atoms. The summed E-state index contributed by atoms with van der Waals surface area (Å²) in [5.74, 6) is -2.16. The highest BCUT2D eigenvalue weighted by atomic mass is 35.5. The number of rotatable bonds is 12. The van der Waals surface area contributed by atoms with Crippen LogP contribution in [0.25, 0.3) is 0 Å². The first-order valence-electron chi connectivity index (χ1n) is 14.8. The number of carbonyl (C=O) groups is 1. The summed E-state index contributed by atoms with van der Waals surface area (Å²) in [5.41, 5.74) is -1.40. The summed E-state index contributed by atoms with van der Waals surface area (Å²) >= 11 is 12.3. The lowest BCUT2D eigenvalue weighted by molar-refractivity contribution is 0.0683. The maximum Gasteiger partial charge on any atom is 0.408 e. The van der Waals surface area contributed by atoms with Crippen LogP contribution >= 0.6 is 23.2 Å². The van der Waals surface area contributed by atoms with E-state index in [1.165, 1.54) is 30.3 Å². The van der Waals surface area contributed by atoms with Crippen molar-refractivity contribution in [1.29, 1.82) is 5.26 Å². The molecule has 4 rings (SSSR count). The number of hydrogen-bond acceptors (Lipinski definition) is 7. The number of aliphatic hydroxyl groups excluding tert-OH is 2. The molecule has 5 atom stereocenters. The molecule has 0 radical (unpaired) electrons. The van der Waals surface area contributed by atoms with Crippen LogP contribution in [0.1, 0.15) is 49.3 Å². The number of nitrogens with zero attached hydrogens (tertiary/aromatic N) is 1. The summed E-state index contributed by atoms with van der Waals surface area (Å²) in [7, 11) is 1.58. The van der Waals surface area contributed by atoms with Gasteiger partial charge in [-0.25, -0.2) is 13.6 Å². The summed E-state index contributed by atoms with van der Waals surface area (Å²) in [6, 6.07) is 17.3. The Bertz CT molecular complexity index is 1570. The molecule has 1 aliphatic heterocycles. The molecule has 1 heterocycles. The lowest BCUT2D eigenvalue weighted by atomic mass is 9.63. The molecule has 0 spiro atoms. The Kier molecular flexibility index (Phi) is 11.5. The molecule has 1 aliphatic rings. The summed E-state index contributed by atoms with van der Waals surface area (Å²) in [5, 5.41) is 35.5. The fourth-order valence-corrected chi connectivity index (χ4v) is 6.61. The van der Waals surface area contributed by atoms with Gasteiger partial charge in [-0.05, 0) is 66.1 Å². The fraction of sp³-hybridized carbons (Fsp3) is 0.412. The topological polar surface area (TPSA) is 124 Å². The highest BCUT2D eigenvalue weighted by Crippen LogP contribution is 2.53. The van der Waals surface area contributed by atoms with Crippen molar-refractivity contribution >= 4 is 29.3 Å². The zero-order valence-electron chi connectivity index (χ0n) is 25.7. The normalized spacial score (nSPS) is 21.8. The second kappa shape index (κ2) is 15.0. The fourth-order valence-electron chi connectivity index (χ4n) is 6.27. The van der Waals surface area contributed by atoms with Crippen LogP contribution in [0.5, 0.6) is 5.75 Å². The quantitative estimate of drug-likeness (QED) is 0.179. The van der Waals surface area contributed by atoms with Crippen molar-refractivity contribution in [2.45, 2.75) is 62.8 Å². The van der Waals surface area contributed by atoms with E-state index in [1.54, 1.807) is 7.11 Å². The smallest absolute Gasteiger partial charge is 0.408 e. The minimum absolute atomic E-state index is 0.0308. The number of benzene rings is 3. The van der Waals surface area contributed by atoms with Crippen LogP contribution in [-0.2, 0) is 16.6 Å². The molecule has 0 aromatic heterocycles. The van der Waals surface area contributed by atoms with Crippen LogP contribution in [0.2, 0.25) is 10.0 Å². The summed E-state index contributed by atoms with van der Waals surface area (Å²) in [6.45, 7) is 3.49. The Balaban J connectivity index is 1.81. The molecule has 0 saturated carbocycles. The van der Waals surface area contributed by atoms with Gasteiger partial charge in [-0.3, -0.25) is 5.32 Å². The molecule has 0 bridgehead atoms. The van der Waals surface area contributed by atoms with Gasteiger partial charge >= 0.3 is 6.09 Å². The molecule has 4 N–H and O–H groups in total. The third-order valence-electron chi connectivity index (χ3n) is 8.38. The second-order valence-corrected chi connectivity index (χ2v) is 13.1. The Labute approximate surface area is 277 Å². The third kappa shape index (κ3) is 7.73. The maximum atomic E-state index is 15.9. The van der Waals surface area contributed by atoms with Crippen LogP contribution in [0.4, 0.5) is 13.6 Å². The molecule has 0 unspecified atom stereocenters. The predicted molar refractivity (Wildman–Crippen MR) is 171 cm³/mol. The number of hydrogen-bond donors (Lipinski definition) is 4. The summed E-state index contributed by atoms with van der Waals surface area (Å²) in [6.07, 6.45) is -2.39. The van der Waals surface area contributed by atoms with Crippen LogP contribution in [0, 0.1) is 28.4 Å². The number of halogens is 4. The van der Waals surface area contributed by atoms with Crippen LogP contribution in [-0.4, -0.2) is 54.9 Å². The molecular formula is C34H37Cl2F2N3O5. The molecule has 1 fully saturated rings. The van der Waals surface area contributed by atoms with E-state index >= 15 is 8.78 Å². The largest absolute Gasteiger partial charge is 0.497 e. The number of nitriles is 1. The van der Waals surface area contributed by atoms with Crippen LogP contribution < -0.4 is 15.4 Å². The number of aliphatic hydroxyl groups is 2. The van der Waals surface area contributed by atoms with E-state index in [0.717, 1.165) is 11.6 Å². The van der Waals surface area contributed by atoms with Crippen molar-refractivity contribution in [1.82, 2.24) is 10.6 Å². The average molecular weight is 677 g/mol. The minimum atomic E-state index is -1.81. The number of methoxy groups -OCH3 is 1. The lowest BCUT2D eigenvalue weighted by Gasteiger charge is -2.38. The van der Waals surface area contributed by atoms with Crippen molar-refractivity contribution in [2.75, 3.05) is 20.3 Å². The Hall–Kier alpha value is -3.46. The second-order valence-electron chi connectivity index (χ2n) is 12.2. The number of alkyl carbamates (subject to hydrolysis) is 1. The molecule has 8 nitrogen and oxygen atoms in total. The molecule has 1 amide bonds. The summed E-state index contributed by atoms with van der Waals surface area (Å²) < 4.78 is 42.9. The van der Waals surface area contributed by atoms with Crippen molar-refractivity contribution in [3.8, 4) is 11.8 Å². The number of carbonyl (C=O) groups excluding carboxylic acids is 1. The van der Waals surface area contributed by atoms with E-state index < -0.39 is 59.5 Å². The Morgan fingerprint density at radius 1 is 1.17 bits per heavy atom. The van der Waals surface area contributed by atoms with E-state index in [-0.39, 0.29) is 40.6 Å². The zero-order valence-corrected chi connectivity index (χ0v) is 27.2. The van der Waals surface area contributed by atoms with Crippen molar-refractivity contribution in [3.63, 3.8) is 0 Å². The molecule has 246 valence electrons. The minimum Gasteiger partial charge on any atom is -0.497 e. The monoisotopic (exact) mass is 675 g/mol. The third-order valence-corrected chi connectivity index (χ3v) is 8.90. The molecule has 1 saturated heterocycles. The Morgan fingerprint density at radius 2 is 1.89 bits per heavy atom. The first-order valence-corrected chi connectivity index (χ1v) is 15.5. The maximum absolute atomic E-state index is 15.9. The number of ether oxygens (including phenoxy) is 2. The van der Waals surface area contributed by atoms with E-state index in [9.17, 15) is 15.2 Å². The highest BCUT2D eigenvalue weighted by molar-refractivity contribution is 6.31. The van der Waals surface area contributed by atoms with Crippen molar-refractivity contribution in [2.24, 2.45) is 5.41 Å². The Morgan fingerprint density at radius 3 is 2.52 bits per heavy atom. The first kappa shape index (κ1) is 35.4. The lowest BCUT2D eigenvalue weighted by Crippen LogP contribution is -2.45. The van der Waals surface area contributed by atoms with E-state index in [1.807, 2.05) is 38.1 Å². The predicted octanol–water partition coefficient (Wildman–Crippen LogP) is 6.25. The van der Waals surface area contributed by atoms with Gasteiger partial charge in [0.15, 0.2) is 6.23 Å². The van der Waals surface area contributed by atoms with Crippen LogP contribution in [0.3, 0.4) is 0 Å². The van der Waals surface area contributed by atoms with Gasteiger partial charge in [0.25, 0.3) is 0 Å². The van der Waals surface area contributed by atoms with Gasteiger partial charge in [-0.1, -0.05) is 67.4 Å². The highest BCUT2D eigenvalue weighted by Gasteiger charge is 2.61. The van der Waals surface area contributed by atoms with Gasteiger partial charge in [0.05, 0.1) is 36.8 Å². The van der Waals surface area contributed by atoms with Gasteiger partial charge in [0.1, 0.15) is 22.8 Å². The van der Waals surface area contributed by atoms with E-state index in [2.05, 4.69) is 16.7 Å². The van der Waals surface area contributed by atoms with E-state index in [4.69, 9.17) is 37.8 Å². The first-order chi connectivity index (χ1) is 21.8. The van der Waals surface area contributed by atoms with Gasteiger partial charge in [-0.2, -0.15) is 5.26 Å². The molecule has 12 heteroatoms. The van der Waals surface area contributed by atoms with Gasteiger partial charge < -0.3 is 25.0 Å². The van der Waals surface area contributed by atoms with Crippen LogP contribution in [0.15, 0.2) is 60.7 Å². The molecule has 0 aliphatic carbocycles. The number of amides is 1. The summed E-state index contributed by atoms with van der Waals surface area (Å²) in [4.78, 5) is 13.0. The molecule has 3 aromatic rings.